The van der Waals surface area contributed by atoms with Gasteiger partial charge in [-0.05, 0) is 66.6 Å². The maximum Gasteiger partial charge on any atom is 0.283 e. The third-order valence-electron chi connectivity index (χ3n) is 6.63. The number of hydrogen-bond acceptors (Lipinski definition) is 6. The van der Waals surface area contributed by atoms with Crippen LogP contribution in [-0.2, 0) is 17.8 Å². The lowest BCUT2D eigenvalue weighted by Crippen LogP contribution is -2.35. The summed E-state index contributed by atoms with van der Waals surface area (Å²) in [5.74, 6) is 0.440. The molecule has 0 spiro atoms. The normalized spacial score (nSPS) is 16.0. The summed E-state index contributed by atoms with van der Waals surface area (Å²) in [4.78, 5) is 21.4. The molecule has 0 fully saturated rings. The average molecular weight is 535 g/mol. The number of amides is 1. The molecule has 0 atom stereocenters. The number of aliphatic imine (C=N–C) groups is 1. The van der Waals surface area contributed by atoms with Gasteiger partial charge in [0.15, 0.2) is 5.84 Å². The van der Waals surface area contributed by atoms with Gasteiger partial charge in [0.05, 0.1) is 12.2 Å². The van der Waals surface area contributed by atoms with Gasteiger partial charge in [-0.3, -0.25) is 15.2 Å². The minimum atomic E-state index is -0.444. The van der Waals surface area contributed by atoms with Gasteiger partial charge in [0, 0.05) is 47.2 Å². The van der Waals surface area contributed by atoms with E-state index in [1.807, 2.05) is 48.7 Å². The SMILES string of the molecule is CCc1ccc(OCCCn2cc(/C=C3\C(=N)N4N=C(c5cccnc5)SC4=NC3=O)c3ccccc32)cc1. The number of amidine groups is 2. The third kappa shape index (κ3) is 5.00. The van der Waals surface area contributed by atoms with E-state index in [0.717, 1.165) is 47.2 Å². The highest BCUT2D eigenvalue weighted by molar-refractivity contribution is 8.27. The monoisotopic (exact) mass is 534 g/mol. The molecular weight excluding hydrogens is 508 g/mol. The van der Waals surface area contributed by atoms with Crippen LogP contribution in [0.4, 0.5) is 0 Å². The third-order valence-corrected chi connectivity index (χ3v) is 7.58. The first kappa shape index (κ1) is 24.8. The number of carbonyl (C=O) groups excluding carboxylic acids is 1. The van der Waals surface area contributed by atoms with Gasteiger partial charge in [-0.2, -0.15) is 15.1 Å². The van der Waals surface area contributed by atoms with Crippen molar-refractivity contribution in [3.63, 3.8) is 0 Å². The number of benzene rings is 2. The highest BCUT2D eigenvalue weighted by atomic mass is 32.2. The summed E-state index contributed by atoms with van der Waals surface area (Å²) >= 11 is 1.26. The summed E-state index contributed by atoms with van der Waals surface area (Å²) in [5.41, 5.74) is 4.23. The summed E-state index contributed by atoms with van der Waals surface area (Å²) in [6.45, 7) is 3.49. The Kier molecular flexibility index (Phi) is 6.81. The zero-order valence-corrected chi connectivity index (χ0v) is 22.2. The molecule has 4 aromatic rings. The van der Waals surface area contributed by atoms with Gasteiger partial charge in [0.1, 0.15) is 10.8 Å². The van der Waals surface area contributed by atoms with Crippen LogP contribution in [0.5, 0.6) is 5.75 Å². The van der Waals surface area contributed by atoms with Crippen LogP contribution in [0.2, 0.25) is 0 Å². The first-order chi connectivity index (χ1) is 19.1. The summed E-state index contributed by atoms with van der Waals surface area (Å²) < 4.78 is 8.11. The lowest BCUT2D eigenvalue weighted by molar-refractivity contribution is -0.114. The molecule has 0 bridgehead atoms. The summed E-state index contributed by atoms with van der Waals surface area (Å²) in [6.07, 6.45) is 9.00. The molecule has 8 nitrogen and oxygen atoms in total. The van der Waals surface area contributed by atoms with Crippen LogP contribution >= 0.6 is 11.8 Å². The Morgan fingerprint density at radius 2 is 1.92 bits per heavy atom. The van der Waals surface area contributed by atoms with Gasteiger partial charge in [0.25, 0.3) is 5.91 Å². The number of nitrogens with zero attached hydrogens (tertiary/aromatic N) is 5. The molecular formula is C30H26N6O2S. The van der Waals surface area contributed by atoms with E-state index in [-0.39, 0.29) is 11.4 Å². The number of thioether (sulfide) groups is 1. The van der Waals surface area contributed by atoms with Crippen molar-refractivity contribution in [1.82, 2.24) is 14.6 Å². The summed E-state index contributed by atoms with van der Waals surface area (Å²) in [5, 5.41) is 16.8. The minimum absolute atomic E-state index is 0.00992. The van der Waals surface area contributed by atoms with E-state index in [2.05, 4.69) is 44.8 Å². The van der Waals surface area contributed by atoms with Crippen molar-refractivity contribution in [2.24, 2.45) is 10.1 Å². The zero-order valence-electron chi connectivity index (χ0n) is 21.4. The molecule has 194 valence electrons. The molecule has 2 aromatic heterocycles. The maximum absolute atomic E-state index is 13.0. The van der Waals surface area contributed by atoms with Crippen molar-refractivity contribution in [1.29, 1.82) is 5.41 Å². The van der Waals surface area contributed by atoms with E-state index < -0.39 is 5.91 Å². The Balaban J connectivity index is 1.21. The predicted molar refractivity (Wildman–Crippen MR) is 156 cm³/mol. The minimum Gasteiger partial charge on any atom is -0.494 e. The van der Waals surface area contributed by atoms with Crippen LogP contribution in [0.25, 0.3) is 17.0 Å². The first-order valence-electron chi connectivity index (χ1n) is 12.8. The standard InChI is InChI=1S/C30H26N6O2S/c1-2-20-10-12-23(13-11-20)38-16-6-15-35-19-22(24-8-3-4-9-26(24)35)17-25-27(31)36-30(33-28(25)37)39-29(34-36)21-7-5-14-32-18-21/h3-5,7-14,17-19,31H,2,6,15-16H2,1H3/b25-17+,31-27?. The summed E-state index contributed by atoms with van der Waals surface area (Å²) in [7, 11) is 0. The molecule has 0 unspecified atom stereocenters. The fourth-order valence-electron chi connectivity index (χ4n) is 4.58. The Hall–Kier alpha value is -4.50. The lowest BCUT2D eigenvalue weighted by atomic mass is 10.1. The molecule has 9 heteroatoms. The zero-order chi connectivity index (χ0) is 26.8. The number of pyridine rings is 1. The van der Waals surface area contributed by atoms with Crippen LogP contribution < -0.4 is 4.74 Å². The fraction of sp³-hybridized carbons (Fsp3) is 0.167. The van der Waals surface area contributed by atoms with Gasteiger partial charge >= 0.3 is 0 Å². The second-order valence-electron chi connectivity index (χ2n) is 9.16. The van der Waals surface area contributed by atoms with Crippen molar-refractivity contribution in [3.8, 4) is 5.75 Å². The number of ether oxygens (including phenoxy) is 1. The summed E-state index contributed by atoms with van der Waals surface area (Å²) in [6, 6.07) is 20.0. The number of hydrazone groups is 1. The van der Waals surface area contributed by atoms with E-state index in [9.17, 15) is 4.79 Å². The molecule has 0 radical (unpaired) electrons. The van der Waals surface area contributed by atoms with E-state index in [1.54, 1.807) is 18.5 Å². The van der Waals surface area contributed by atoms with Crippen LogP contribution in [-0.4, -0.2) is 43.1 Å². The van der Waals surface area contributed by atoms with Crippen molar-refractivity contribution in [2.45, 2.75) is 26.3 Å². The van der Waals surface area contributed by atoms with E-state index in [4.69, 9.17) is 10.1 Å². The number of carbonyl (C=O) groups is 1. The number of nitrogens with one attached hydrogen (secondary N) is 1. The molecule has 1 N–H and O–H groups in total. The van der Waals surface area contributed by atoms with Crippen LogP contribution in [0.15, 0.2) is 94.9 Å². The van der Waals surface area contributed by atoms with Crippen molar-refractivity contribution in [2.75, 3.05) is 6.61 Å². The van der Waals surface area contributed by atoms with E-state index in [1.165, 1.54) is 22.3 Å². The van der Waals surface area contributed by atoms with E-state index >= 15 is 0 Å². The van der Waals surface area contributed by atoms with Crippen LogP contribution in [0.3, 0.4) is 0 Å². The van der Waals surface area contributed by atoms with Gasteiger partial charge in [-0.25, -0.2) is 0 Å². The number of fused-ring (bicyclic) bond motifs is 2. The number of hydrogen-bond donors (Lipinski definition) is 1. The average Bonchev–Trinajstić information content (AvgIpc) is 3.56. The fourth-order valence-corrected chi connectivity index (χ4v) is 5.46. The molecule has 2 aromatic carbocycles. The molecule has 0 saturated heterocycles. The number of rotatable bonds is 8. The second kappa shape index (κ2) is 10.7. The van der Waals surface area contributed by atoms with Gasteiger partial charge in [-0.1, -0.05) is 37.3 Å². The topological polar surface area (TPSA) is 95.9 Å². The quantitative estimate of drug-likeness (QED) is 0.230. The highest BCUT2D eigenvalue weighted by Gasteiger charge is 2.36. The molecule has 1 amide bonds. The Morgan fingerprint density at radius 1 is 1.08 bits per heavy atom. The molecule has 4 heterocycles. The number of aromatic nitrogens is 2. The van der Waals surface area contributed by atoms with Gasteiger partial charge in [0.2, 0.25) is 5.17 Å². The number of para-hydroxylation sites is 1. The molecule has 6 rings (SSSR count). The molecule has 0 aliphatic carbocycles. The first-order valence-corrected chi connectivity index (χ1v) is 13.6. The van der Waals surface area contributed by atoms with Crippen LogP contribution in [0.1, 0.15) is 30.0 Å². The maximum atomic E-state index is 13.0. The Labute approximate surface area is 230 Å². The molecule has 0 saturated carbocycles. The molecule has 2 aliphatic heterocycles. The van der Waals surface area contributed by atoms with Crippen molar-refractivity contribution >= 4 is 50.7 Å². The number of aryl methyl sites for hydroxylation is 2. The lowest BCUT2D eigenvalue weighted by Gasteiger charge is -2.20. The highest BCUT2D eigenvalue weighted by Crippen LogP contribution is 2.32. The second-order valence-corrected chi connectivity index (χ2v) is 10.1. The van der Waals surface area contributed by atoms with Crippen LogP contribution in [0, 0.1) is 5.41 Å². The van der Waals surface area contributed by atoms with Gasteiger partial charge in [-0.15, -0.1) is 0 Å². The molecule has 2 aliphatic rings. The van der Waals surface area contributed by atoms with E-state index in [0.29, 0.717) is 16.8 Å². The Morgan fingerprint density at radius 3 is 2.72 bits per heavy atom. The largest absolute Gasteiger partial charge is 0.494 e. The van der Waals surface area contributed by atoms with Crippen molar-refractivity contribution < 1.29 is 9.53 Å². The predicted octanol–water partition coefficient (Wildman–Crippen LogP) is 5.74. The Bertz CT molecular complexity index is 1650. The van der Waals surface area contributed by atoms with Crippen molar-refractivity contribution in [3.05, 3.63) is 102 Å². The molecule has 39 heavy (non-hydrogen) atoms. The van der Waals surface area contributed by atoms with Gasteiger partial charge < -0.3 is 9.30 Å². The smallest absolute Gasteiger partial charge is 0.283 e.